The van der Waals surface area contributed by atoms with E-state index in [-0.39, 0.29) is 17.8 Å². The molecule has 0 aliphatic carbocycles. The van der Waals surface area contributed by atoms with Gasteiger partial charge in [-0.1, -0.05) is 24.3 Å². The van der Waals surface area contributed by atoms with Crippen LogP contribution in [0.1, 0.15) is 24.1 Å². The molecule has 1 amide bonds. The third-order valence-corrected chi connectivity index (χ3v) is 3.78. The highest BCUT2D eigenvalue weighted by molar-refractivity contribution is 5.91. The van der Waals surface area contributed by atoms with Crippen molar-refractivity contribution >= 4 is 12.0 Å². The molecule has 6 heteroatoms. The van der Waals surface area contributed by atoms with Gasteiger partial charge in [0.1, 0.15) is 11.6 Å². The molecule has 136 valence electrons. The molecule has 1 N–H and O–H groups in total. The van der Waals surface area contributed by atoms with Crippen molar-refractivity contribution in [1.82, 2.24) is 15.3 Å². The summed E-state index contributed by atoms with van der Waals surface area (Å²) in [5.41, 5.74) is 1.64. The van der Waals surface area contributed by atoms with E-state index in [4.69, 9.17) is 4.74 Å². The fourth-order valence-electron chi connectivity index (χ4n) is 2.40. The summed E-state index contributed by atoms with van der Waals surface area (Å²) in [4.78, 5) is 20.1. The van der Waals surface area contributed by atoms with Crippen LogP contribution in [0.4, 0.5) is 4.39 Å². The highest BCUT2D eigenvalue weighted by Gasteiger charge is 2.09. The Morgan fingerprint density at radius 2 is 2.00 bits per heavy atom. The van der Waals surface area contributed by atoms with E-state index in [1.165, 1.54) is 24.4 Å². The Hall–Kier alpha value is -3.54. The molecule has 0 radical (unpaired) electrons. The van der Waals surface area contributed by atoms with Gasteiger partial charge in [0.05, 0.1) is 12.2 Å². The summed E-state index contributed by atoms with van der Waals surface area (Å²) in [5.74, 6) is 0.449. The molecular formula is C21H18FN3O2. The third-order valence-electron chi connectivity index (χ3n) is 3.78. The molecule has 0 aliphatic heterocycles. The molecule has 2 aromatic carbocycles. The number of hydrogen-bond donors (Lipinski definition) is 1. The number of aromatic nitrogens is 2. The van der Waals surface area contributed by atoms with Crippen LogP contribution in [0.2, 0.25) is 0 Å². The van der Waals surface area contributed by atoms with E-state index in [0.29, 0.717) is 11.6 Å². The van der Waals surface area contributed by atoms with Crippen LogP contribution in [-0.4, -0.2) is 15.9 Å². The fraction of sp³-hybridized carbons (Fsp3) is 0.0952. The summed E-state index contributed by atoms with van der Waals surface area (Å²) < 4.78 is 18.6. The van der Waals surface area contributed by atoms with Crippen molar-refractivity contribution in [2.75, 3.05) is 0 Å². The molecule has 1 atom stereocenters. The molecule has 0 saturated carbocycles. The second-order valence-corrected chi connectivity index (χ2v) is 5.83. The number of hydrogen-bond acceptors (Lipinski definition) is 4. The first kappa shape index (κ1) is 18.3. The van der Waals surface area contributed by atoms with E-state index in [1.54, 1.807) is 36.7 Å². The zero-order valence-corrected chi connectivity index (χ0v) is 14.7. The van der Waals surface area contributed by atoms with Crippen LogP contribution in [0.15, 0.2) is 73.2 Å². The molecule has 0 bridgehead atoms. The molecule has 3 rings (SSSR count). The molecule has 0 spiro atoms. The topological polar surface area (TPSA) is 64.1 Å². The fourth-order valence-corrected chi connectivity index (χ4v) is 2.40. The minimum atomic E-state index is -0.311. The molecule has 0 fully saturated rings. The van der Waals surface area contributed by atoms with Gasteiger partial charge in [0, 0.05) is 18.5 Å². The number of carbonyl (C=O) groups excluding carboxylic acids is 1. The van der Waals surface area contributed by atoms with Gasteiger partial charge in [0.25, 0.3) is 0 Å². The third kappa shape index (κ3) is 5.47. The highest BCUT2D eigenvalue weighted by atomic mass is 19.1. The van der Waals surface area contributed by atoms with E-state index < -0.39 is 0 Å². The van der Waals surface area contributed by atoms with Gasteiger partial charge in [0.15, 0.2) is 0 Å². The number of nitrogens with one attached hydrogen (secondary N) is 1. The lowest BCUT2D eigenvalue weighted by atomic mass is 10.1. The second-order valence-electron chi connectivity index (χ2n) is 5.83. The van der Waals surface area contributed by atoms with E-state index in [1.807, 2.05) is 25.1 Å². The predicted molar refractivity (Wildman–Crippen MR) is 101 cm³/mol. The van der Waals surface area contributed by atoms with Crippen LogP contribution >= 0.6 is 0 Å². The zero-order valence-electron chi connectivity index (χ0n) is 14.7. The van der Waals surface area contributed by atoms with E-state index in [9.17, 15) is 9.18 Å². The van der Waals surface area contributed by atoms with E-state index in [0.717, 1.165) is 11.1 Å². The maximum Gasteiger partial charge on any atom is 0.244 e. The lowest BCUT2D eigenvalue weighted by Crippen LogP contribution is -2.24. The van der Waals surface area contributed by atoms with E-state index >= 15 is 0 Å². The standard InChI is InChI=1S/C21H18FN3O2/c1-15(25-20(26)10-7-16-5-8-18(22)9-6-16)17-3-2-4-19(13-17)27-21-14-23-11-12-24-21/h2-15H,1H3,(H,25,26). The van der Waals surface area contributed by atoms with Crippen LogP contribution in [0.5, 0.6) is 11.6 Å². The van der Waals surface area contributed by atoms with Crippen molar-refractivity contribution in [3.63, 3.8) is 0 Å². The summed E-state index contributed by atoms with van der Waals surface area (Å²) >= 11 is 0. The Labute approximate surface area is 156 Å². The first-order valence-corrected chi connectivity index (χ1v) is 8.38. The molecule has 1 heterocycles. The summed E-state index contributed by atoms with van der Waals surface area (Å²) in [6.07, 6.45) is 7.70. The molecule has 1 aromatic heterocycles. The minimum Gasteiger partial charge on any atom is -0.437 e. The number of amides is 1. The van der Waals surface area contributed by atoms with Crippen molar-refractivity contribution in [1.29, 1.82) is 0 Å². The van der Waals surface area contributed by atoms with Gasteiger partial charge in [-0.3, -0.25) is 9.78 Å². The Kier molecular flexibility index (Phi) is 5.89. The summed E-state index contributed by atoms with van der Waals surface area (Å²) in [6.45, 7) is 1.88. The Morgan fingerprint density at radius 1 is 1.19 bits per heavy atom. The molecule has 1 unspecified atom stereocenters. The monoisotopic (exact) mass is 363 g/mol. The number of rotatable bonds is 6. The Balaban J connectivity index is 1.61. The average Bonchev–Trinajstić information content (AvgIpc) is 2.68. The Morgan fingerprint density at radius 3 is 2.74 bits per heavy atom. The second kappa shape index (κ2) is 8.71. The van der Waals surface area contributed by atoms with Crippen molar-refractivity contribution in [2.45, 2.75) is 13.0 Å². The number of halogens is 1. The summed E-state index contributed by atoms with van der Waals surface area (Å²) in [6, 6.07) is 13.1. The number of benzene rings is 2. The zero-order chi connectivity index (χ0) is 19.1. The van der Waals surface area contributed by atoms with Gasteiger partial charge in [-0.25, -0.2) is 9.37 Å². The lowest BCUT2D eigenvalue weighted by Gasteiger charge is -2.14. The van der Waals surface area contributed by atoms with Crippen molar-refractivity contribution in [3.8, 4) is 11.6 Å². The van der Waals surface area contributed by atoms with Gasteiger partial charge in [-0.2, -0.15) is 0 Å². The SMILES string of the molecule is CC(NC(=O)C=Cc1ccc(F)cc1)c1cccc(Oc2cnccn2)c1. The van der Waals surface area contributed by atoms with E-state index in [2.05, 4.69) is 15.3 Å². The molecule has 3 aromatic rings. The molecular weight excluding hydrogens is 345 g/mol. The number of ether oxygens (including phenoxy) is 1. The number of nitrogens with zero attached hydrogens (tertiary/aromatic N) is 2. The first-order valence-electron chi connectivity index (χ1n) is 8.38. The maximum absolute atomic E-state index is 12.9. The molecule has 0 saturated heterocycles. The highest BCUT2D eigenvalue weighted by Crippen LogP contribution is 2.22. The first-order chi connectivity index (χ1) is 13.1. The summed E-state index contributed by atoms with van der Waals surface area (Å²) in [7, 11) is 0. The average molecular weight is 363 g/mol. The van der Waals surface area contributed by atoms with Gasteiger partial charge in [-0.05, 0) is 48.4 Å². The van der Waals surface area contributed by atoms with Gasteiger partial charge < -0.3 is 10.1 Å². The smallest absolute Gasteiger partial charge is 0.244 e. The van der Waals surface area contributed by atoms with Crippen molar-refractivity contribution < 1.29 is 13.9 Å². The molecule has 27 heavy (non-hydrogen) atoms. The predicted octanol–water partition coefficient (Wildman–Crippen LogP) is 4.30. The quantitative estimate of drug-likeness (QED) is 0.663. The van der Waals surface area contributed by atoms with Crippen LogP contribution in [0.25, 0.3) is 6.08 Å². The summed E-state index contributed by atoms with van der Waals surface area (Å²) in [5, 5.41) is 2.89. The van der Waals surface area contributed by atoms with Crippen molar-refractivity contribution in [3.05, 3.63) is 90.1 Å². The van der Waals surface area contributed by atoms with Crippen molar-refractivity contribution in [2.24, 2.45) is 0 Å². The maximum atomic E-state index is 12.9. The van der Waals surface area contributed by atoms with Gasteiger partial charge >= 0.3 is 0 Å². The molecule has 5 nitrogen and oxygen atoms in total. The van der Waals surface area contributed by atoms with Crippen LogP contribution in [0.3, 0.4) is 0 Å². The minimum absolute atomic E-state index is 0.222. The van der Waals surface area contributed by atoms with Gasteiger partial charge in [0.2, 0.25) is 11.8 Å². The normalized spacial score (nSPS) is 11.9. The van der Waals surface area contributed by atoms with Crippen LogP contribution < -0.4 is 10.1 Å². The van der Waals surface area contributed by atoms with Crippen LogP contribution in [-0.2, 0) is 4.79 Å². The molecule has 0 aliphatic rings. The number of carbonyl (C=O) groups is 1. The largest absolute Gasteiger partial charge is 0.437 e. The van der Waals surface area contributed by atoms with Gasteiger partial charge in [-0.15, -0.1) is 0 Å². The van der Waals surface area contributed by atoms with Crippen LogP contribution in [0, 0.1) is 5.82 Å². The Bertz CT molecular complexity index is 928. The lowest BCUT2D eigenvalue weighted by molar-refractivity contribution is -0.117.